The molecule has 0 spiro atoms. The third-order valence-electron chi connectivity index (χ3n) is 3.37. The standard InChI is InChI=1S/C14H17BrO4/c15-9-6-7-10(14(17)18)13(8-9)19-12-5-3-1-2-4-11(12)16/h6-8,11-12,16H,1-5H2,(H,17,18). The molecule has 4 nitrogen and oxygen atoms in total. The predicted molar refractivity (Wildman–Crippen MR) is 74.6 cm³/mol. The Balaban J connectivity index is 2.21. The van der Waals surface area contributed by atoms with Gasteiger partial charge < -0.3 is 14.9 Å². The van der Waals surface area contributed by atoms with Crippen LogP contribution in [0.5, 0.6) is 5.75 Å². The summed E-state index contributed by atoms with van der Waals surface area (Å²) in [5, 5.41) is 19.2. The number of ether oxygens (including phenoxy) is 1. The van der Waals surface area contributed by atoms with Gasteiger partial charge in [-0.3, -0.25) is 0 Å². The molecular formula is C14H17BrO4. The monoisotopic (exact) mass is 328 g/mol. The molecule has 0 aromatic heterocycles. The van der Waals surface area contributed by atoms with E-state index in [2.05, 4.69) is 15.9 Å². The molecule has 2 unspecified atom stereocenters. The number of carbonyl (C=O) groups is 1. The quantitative estimate of drug-likeness (QED) is 0.836. The SMILES string of the molecule is O=C(O)c1ccc(Br)cc1OC1CCCCCC1O. The van der Waals surface area contributed by atoms with Gasteiger partial charge in [0.15, 0.2) is 0 Å². The van der Waals surface area contributed by atoms with Gasteiger partial charge in [-0.2, -0.15) is 0 Å². The lowest BCUT2D eigenvalue weighted by atomic mass is 10.1. The van der Waals surface area contributed by atoms with Crippen molar-refractivity contribution in [3.05, 3.63) is 28.2 Å². The van der Waals surface area contributed by atoms with Crippen molar-refractivity contribution in [3.8, 4) is 5.75 Å². The van der Waals surface area contributed by atoms with E-state index < -0.39 is 12.1 Å². The Morgan fingerprint density at radius 1 is 1.26 bits per heavy atom. The van der Waals surface area contributed by atoms with Crippen LogP contribution in [-0.4, -0.2) is 28.4 Å². The molecule has 0 amide bonds. The molecule has 1 saturated carbocycles. The molecule has 0 saturated heterocycles. The van der Waals surface area contributed by atoms with E-state index in [1.807, 2.05) is 0 Å². The first-order valence-electron chi connectivity index (χ1n) is 6.45. The number of rotatable bonds is 3. The summed E-state index contributed by atoms with van der Waals surface area (Å²) in [5.41, 5.74) is 0.125. The van der Waals surface area contributed by atoms with Crippen molar-refractivity contribution in [2.45, 2.75) is 44.3 Å². The summed E-state index contributed by atoms with van der Waals surface area (Å²) in [6.07, 6.45) is 3.69. The lowest BCUT2D eigenvalue weighted by Crippen LogP contribution is -2.31. The van der Waals surface area contributed by atoms with Crippen molar-refractivity contribution in [2.24, 2.45) is 0 Å². The molecule has 2 atom stereocenters. The molecule has 0 heterocycles. The van der Waals surface area contributed by atoms with Crippen molar-refractivity contribution < 1.29 is 19.7 Å². The second kappa shape index (κ2) is 6.39. The van der Waals surface area contributed by atoms with Gasteiger partial charge in [0.05, 0.1) is 6.10 Å². The van der Waals surface area contributed by atoms with Gasteiger partial charge in [-0.15, -0.1) is 0 Å². The first-order valence-corrected chi connectivity index (χ1v) is 7.25. The van der Waals surface area contributed by atoms with Gasteiger partial charge in [0.1, 0.15) is 17.4 Å². The topological polar surface area (TPSA) is 66.8 Å². The molecule has 5 heteroatoms. The highest BCUT2D eigenvalue weighted by Gasteiger charge is 2.25. The van der Waals surface area contributed by atoms with E-state index in [0.717, 1.165) is 30.2 Å². The van der Waals surface area contributed by atoms with Crippen LogP contribution in [0.15, 0.2) is 22.7 Å². The molecule has 2 N–H and O–H groups in total. The fraction of sp³-hybridized carbons (Fsp3) is 0.500. The van der Waals surface area contributed by atoms with Crippen molar-refractivity contribution in [2.75, 3.05) is 0 Å². The van der Waals surface area contributed by atoms with Gasteiger partial charge in [0.2, 0.25) is 0 Å². The van der Waals surface area contributed by atoms with Crippen LogP contribution in [0, 0.1) is 0 Å². The van der Waals surface area contributed by atoms with E-state index >= 15 is 0 Å². The second-order valence-corrected chi connectivity index (χ2v) is 5.72. The Morgan fingerprint density at radius 3 is 2.74 bits per heavy atom. The van der Waals surface area contributed by atoms with E-state index in [0.29, 0.717) is 12.2 Å². The van der Waals surface area contributed by atoms with Crippen LogP contribution in [0.3, 0.4) is 0 Å². The fourth-order valence-corrected chi connectivity index (χ4v) is 2.67. The fourth-order valence-electron chi connectivity index (χ4n) is 2.32. The minimum atomic E-state index is -1.02. The highest BCUT2D eigenvalue weighted by Crippen LogP contribution is 2.28. The normalized spacial score (nSPS) is 23.7. The summed E-state index contributed by atoms with van der Waals surface area (Å²) in [6, 6.07) is 4.81. The van der Waals surface area contributed by atoms with E-state index in [1.54, 1.807) is 12.1 Å². The summed E-state index contributed by atoms with van der Waals surface area (Å²) in [5.74, 6) is -0.710. The number of carboxylic acids is 1. The van der Waals surface area contributed by atoms with Gasteiger partial charge in [0.25, 0.3) is 0 Å². The minimum Gasteiger partial charge on any atom is -0.487 e. The van der Waals surface area contributed by atoms with Crippen LogP contribution in [0.25, 0.3) is 0 Å². The molecule has 0 aliphatic heterocycles. The molecule has 19 heavy (non-hydrogen) atoms. The number of benzene rings is 1. The maximum Gasteiger partial charge on any atom is 0.339 e. The zero-order valence-electron chi connectivity index (χ0n) is 10.5. The number of aliphatic hydroxyl groups excluding tert-OH is 1. The molecule has 1 aromatic carbocycles. The second-order valence-electron chi connectivity index (χ2n) is 4.81. The first-order chi connectivity index (χ1) is 9.08. The lowest BCUT2D eigenvalue weighted by molar-refractivity contribution is 0.0305. The van der Waals surface area contributed by atoms with Crippen LogP contribution in [-0.2, 0) is 0 Å². The minimum absolute atomic E-state index is 0.125. The van der Waals surface area contributed by atoms with Crippen LogP contribution in [0.2, 0.25) is 0 Å². The summed E-state index contributed by atoms with van der Waals surface area (Å²) >= 11 is 3.31. The van der Waals surface area contributed by atoms with Crippen LogP contribution in [0.4, 0.5) is 0 Å². The van der Waals surface area contributed by atoms with Crippen LogP contribution in [0.1, 0.15) is 42.5 Å². The van der Waals surface area contributed by atoms with Crippen LogP contribution < -0.4 is 4.74 Å². The number of carboxylic acid groups (broad SMARTS) is 1. The van der Waals surface area contributed by atoms with Crippen molar-refractivity contribution in [1.82, 2.24) is 0 Å². The van der Waals surface area contributed by atoms with Gasteiger partial charge in [0, 0.05) is 4.47 Å². The van der Waals surface area contributed by atoms with Crippen molar-refractivity contribution in [1.29, 1.82) is 0 Å². The molecular weight excluding hydrogens is 312 g/mol. The Bertz CT molecular complexity index is 461. The molecule has 1 aromatic rings. The Labute approximate surface area is 120 Å². The predicted octanol–water partition coefficient (Wildman–Crippen LogP) is 3.22. The van der Waals surface area contributed by atoms with E-state index in [1.165, 1.54) is 6.07 Å². The average molecular weight is 329 g/mol. The third kappa shape index (κ3) is 3.70. The van der Waals surface area contributed by atoms with Gasteiger partial charge >= 0.3 is 5.97 Å². The maximum atomic E-state index is 11.2. The smallest absolute Gasteiger partial charge is 0.339 e. The third-order valence-corrected chi connectivity index (χ3v) is 3.86. The molecule has 2 rings (SSSR count). The number of aliphatic hydroxyl groups is 1. The zero-order chi connectivity index (χ0) is 13.8. The highest BCUT2D eigenvalue weighted by molar-refractivity contribution is 9.10. The van der Waals surface area contributed by atoms with Gasteiger partial charge in [-0.1, -0.05) is 28.8 Å². The van der Waals surface area contributed by atoms with Gasteiger partial charge in [-0.05, 0) is 37.5 Å². The lowest BCUT2D eigenvalue weighted by Gasteiger charge is -2.23. The van der Waals surface area contributed by atoms with Crippen LogP contribution >= 0.6 is 15.9 Å². The highest BCUT2D eigenvalue weighted by atomic mass is 79.9. The van der Waals surface area contributed by atoms with Gasteiger partial charge in [-0.25, -0.2) is 4.79 Å². The molecule has 104 valence electrons. The van der Waals surface area contributed by atoms with E-state index in [9.17, 15) is 9.90 Å². The Morgan fingerprint density at radius 2 is 2.00 bits per heavy atom. The number of hydrogen-bond acceptors (Lipinski definition) is 3. The Kier molecular flexibility index (Phi) is 4.82. The zero-order valence-corrected chi connectivity index (χ0v) is 12.1. The summed E-state index contributed by atoms with van der Waals surface area (Å²) in [6.45, 7) is 0. The molecule has 1 aliphatic rings. The van der Waals surface area contributed by atoms with E-state index in [4.69, 9.17) is 9.84 Å². The summed E-state index contributed by atoms with van der Waals surface area (Å²) < 4.78 is 6.52. The summed E-state index contributed by atoms with van der Waals surface area (Å²) in [4.78, 5) is 11.2. The average Bonchev–Trinajstić information content (AvgIpc) is 2.55. The molecule has 1 aliphatic carbocycles. The van der Waals surface area contributed by atoms with Crippen molar-refractivity contribution in [3.63, 3.8) is 0 Å². The number of halogens is 1. The number of hydrogen-bond donors (Lipinski definition) is 2. The molecule has 0 radical (unpaired) electrons. The number of aromatic carboxylic acids is 1. The van der Waals surface area contributed by atoms with Crippen molar-refractivity contribution >= 4 is 21.9 Å². The molecule has 0 bridgehead atoms. The van der Waals surface area contributed by atoms with E-state index in [-0.39, 0.29) is 11.7 Å². The summed E-state index contributed by atoms with van der Waals surface area (Å²) in [7, 11) is 0. The Hall–Kier alpha value is -1.07. The largest absolute Gasteiger partial charge is 0.487 e. The molecule has 1 fully saturated rings. The first kappa shape index (κ1) is 14.3. The maximum absolute atomic E-state index is 11.2.